The smallest absolute Gasteiger partial charge is 0.326 e. The van der Waals surface area contributed by atoms with Crippen molar-refractivity contribution in [3.63, 3.8) is 0 Å². The largest absolute Gasteiger partial charge is 0.508 e. The number of hydrogen-bond donors (Lipinski definition) is 8. The van der Waals surface area contributed by atoms with Crippen LogP contribution in [0.5, 0.6) is 5.75 Å². The van der Waals surface area contributed by atoms with Crippen molar-refractivity contribution in [3.05, 3.63) is 29.8 Å². The Morgan fingerprint density at radius 3 is 2.03 bits per heavy atom. The average molecular weight is 538 g/mol. The number of carboxylic acids is 2. The zero-order chi connectivity index (χ0) is 28.8. The molecule has 3 amide bonds. The minimum Gasteiger partial charge on any atom is -0.508 e. The average Bonchev–Trinajstić information content (AvgIpc) is 2.86. The fourth-order valence-corrected chi connectivity index (χ4v) is 3.61. The number of carbonyl (C=O) groups is 5. The van der Waals surface area contributed by atoms with Crippen LogP contribution in [0.3, 0.4) is 0 Å². The van der Waals surface area contributed by atoms with Crippen LogP contribution in [-0.2, 0) is 30.4 Å². The number of aromatic hydroxyl groups is 1. The number of hydrogen-bond acceptors (Lipinski definition) is 8. The predicted octanol–water partition coefficient (Wildman–Crippen LogP) is -0.549. The number of aliphatic carboxylic acids is 2. The van der Waals surface area contributed by atoms with Crippen molar-refractivity contribution >= 4 is 29.7 Å². The Labute approximate surface area is 221 Å². The summed E-state index contributed by atoms with van der Waals surface area (Å²) in [6, 6.07) is 0.959. The SMILES string of the molecule is CCC(C)C(NC(=O)C(CC(=O)O)NC(=O)C(N)Cc1ccc(O)cc1)C(=O)NC(CCCCN)C(=O)O. The molecule has 0 aliphatic heterocycles. The number of nitrogens with one attached hydrogen (secondary N) is 3. The molecule has 0 aromatic heterocycles. The molecule has 10 N–H and O–H groups in total. The summed E-state index contributed by atoms with van der Waals surface area (Å²) in [7, 11) is 0. The molecule has 0 aliphatic carbocycles. The summed E-state index contributed by atoms with van der Waals surface area (Å²) in [5.74, 6) is -5.44. The quantitative estimate of drug-likeness (QED) is 0.118. The molecule has 0 radical (unpaired) electrons. The van der Waals surface area contributed by atoms with Gasteiger partial charge in [0.15, 0.2) is 0 Å². The summed E-state index contributed by atoms with van der Waals surface area (Å²) >= 11 is 0. The van der Waals surface area contributed by atoms with Gasteiger partial charge in [-0.05, 0) is 55.8 Å². The van der Waals surface area contributed by atoms with Crippen LogP contribution in [0, 0.1) is 5.92 Å². The monoisotopic (exact) mass is 537 g/mol. The Morgan fingerprint density at radius 2 is 1.50 bits per heavy atom. The van der Waals surface area contributed by atoms with Crippen molar-refractivity contribution in [2.45, 2.75) is 76.5 Å². The van der Waals surface area contributed by atoms with Gasteiger partial charge < -0.3 is 42.7 Å². The lowest BCUT2D eigenvalue weighted by atomic mass is 9.97. The molecule has 0 saturated carbocycles. The highest BCUT2D eigenvalue weighted by molar-refractivity contribution is 5.95. The molecule has 13 nitrogen and oxygen atoms in total. The summed E-state index contributed by atoms with van der Waals surface area (Å²) in [6.07, 6.45) is 0.940. The van der Waals surface area contributed by atoms with Crippen LogP contribution in [0.25, 0.3) is 0 Å². The van der Waals surface area contributed by atoms with Gasteiger partial charge in [0, 0.05) is 0 Å². The van der Waals surface area contributed by atoms with E-state index in [-0.39, 0.29) is 18.6 Å². The fourth-order valence-electron chi connectivity index (χ4n) is 3.61. The van der Waals surface area contributed by atoms with Crippen molar-refractivity contribution < 1.29 is 39.3 Å². The molecule has 0 aliphatic rings. The van der Waals surface area contributed by atoms with Gasteiger partial charge in [0.05, 0.1) is 12.5 Å². The highest BCUT2D eigenvalue weighted by atomic mass is 16.4. The van der Waals surface area contributed by atoms with Gasteiger partial charge >= 0.3 is 11.9 Å². The van der Waals surface area contributed by atoms with Gasteiger partial charge in [0.25, 0.3) is 0 Å². The van der Waals surface area contributed by atoms with E-state index in [4.69, 9.17) is 11.5 Å². The van der Waals surface area contributed by atoms with Crippen LogP contribution in [-0.4, -0.2) is 75.7 Å². The van der Waals surface area contributed by atoms with E-state index in [9.17, 15) is 39.3 Å². The standard InChI is InChI=1S/C25H39N5O8/c1-3-14(2)21(24(36)28-18(25(37)38)6-4-5-11-26)30-23(35)19(13-20(32)33)29-22(34)17(27)12-15-7-9-16(31)10-8-15/h7-10,14,17-19,21,31H,3-6,11-13,26-27H2,1-2H3,(H,28,36)(H,29,34)(H,30,35)(H,32,33)(H,37,38). The fraction of sp³-hybridized carbons (Fsp3) is 0.560. The maximum atomic E-state index is 13.0. The first kappa shape index (κ1) is 32.3. The normalized spacial score (nSPS) is 14.8. The Kier molecular flexibility index (Phi) is 13.8. The van der Waals surface area contributed by atoms with Crippen molar-refractivity contribution in [1.29, 1.82) is 0 Å². The minimum absolute atomic E-state index is 0.0371. The molecule has 38 heavy (non-hydrogen) atoms. The molecule has 1 aromatic rings. The van der Waals surface area contributed by atoms with Crippen molar-refractivity contribution in [3.8, 4) is 5.75 Å². The van der Waals surface area contributed by atoms with E-state index in [1.54, 1.807) is 26.0 Å². The number of carbonyl (C=O) groups excluding carboxylic acids is 3. The molecule has 0 spiro atoms. The lowest BCUT2D eigenvalue weighted by molar-refractivity contribution is -0.143. The summed E-state index contributed by atoms with van der Waals surface area (Å²) in [6.45, 7) is 3.82. The van der Waals surface area contributed by atoms with Gasteiger partial charge in [-0.2, -0.15) is 0 Å². The Morgan fingerprint density at radius 1 is 0.895 bits per heavy atom. The van der Waals surface area contributed by atoms with Crippen LogP contribution in [0.15, 0.2) is 24.3 Å². The van der Waals surface area contributed by atoms with Gasteiger partial charge in [-0.15, -0.1) is 0 Å². The van der Waals surface area contributed by atoms with E-state index in [2.05, 4.69) is 16.0 Å². The van der Waals surface area contributed by atoms with E-state index >= 15 is 0 Å². The van der Waals surface area contributed by atoms with Gasteiger partial charge in [0.2, 0.25) is 17.7 Å². The zero-order valence-corrected chi connectivity index (χ0v) is 21.7. The molecule has 5 atom stereocenters. The van der Waals surface area contributed by atoms with Crippen molar-refractivity contribution in [2.75, 3.05) is 6.54 Å². The molecule has 13 heteroatoms. The van der Waals surface area contributed by atoms with Crippen LogP contribution in [0.2, 0.25) is 0 Å². The Bertz CT molecular complexity index is 956. The molecule has 0 bridgehead atoms. The van der Waals surface area contributed by atoms with E-state index in [1.807, 2.05) is 0 Å². The third kappa shape index (κ3) is 11.1. The summed E-state index contributed by atoms with van der Waals surface area (Å²) in [5, 5.41) is 35.4. The van der Waals surface area contributed by atoms with Gasteiger partial charge in [-0.25, -0.2) is 4.79 Å². The molecule has 1 aromatic carbocycles. The predicted molar refractivity (Wildman–Crippen MR) is 138 cm³/mol. The third-order valence-electron chi connectivity index (χ3n) is 6.10. The van der Waals surface area contributed by atoms with E-state index in [1.165, 1.54) is 12.1 Å². The second-order valence-electron chi connectivity index (χ2n) is 9.19. The van der Waals surface area contributed by atoms with Crippen LogP contribution in [0.4, 0.5) is 0 Å². The second kappa shape index (κ2) is 16.2. The number of carboxylic acid groups (broad SMARTS) is 2. The van der Waals surface area contributed by atoms with Gasteiger partial charge in [-0.1, -0.05) is 32.4 Å². The molecule has 1 rings (SSSR count). The highest BCUT2D eigenvalue weighted by Gasteiger charge is 2.33. The maximum absolute atomic E-state index is 13.0. The van der Waals surface area contributed by atoms with Gasteiger partial charge in [-0.3, -0.25) is 19.2 Å². The Hall–Kier alpha value is -3.71. The number of unbranched alkanes of at least 4 members (excludes halogenated alkanes) is 1. The summed E-state index contributed by atoms with van der Waals surface area (Å²) in [4.78, 5) is 61.7. The number of rotatable bonds is 17. The zero-order valence-electron chi connectivity index (χ0n) is 21.7. The molecule has 0 saturated heterocycles. The number of phenolic OH excluding ortho intramolecular Hbond substituents is 1. The third-order valence-corrected chi connectivity index (χ3v) is 6.10. The molecule has 212 valence electrons. The first-order valence-electron chi connectivity index (χ1n) is 12.5. The molecule has 0 fully saturated rings. The number of nitrogens with two attached hydrogens (primary N) is 2. The van der Waals surface area contributed by atoms with E-state index in [0.717, 1.165) is 0 Å². The topological polar surface area (TPSA) is 234 Å². The Balaban J connectivity index is 2.97. The maximum Gasteiger partial charge on any atom is 0.326 e. The van der Waals surface area contributed by atoms with Crippen LogP contribution < -0.4 is 27.4 Å². The first-order chi connectivity index (χ1) is 17.9. The summed E-state index contributed by atoms with van der Waals surface area (Å²) in [5.41, 5.74) is 12.0. The number of amides is 3. The van der Waals surface area contributed by atoms with Crippen molar-refractivity contribution in [2.24, 2.45) is 17.4 Å². The first-order valence-corrected chi connectivity index (χ1v) is 12.5. The van der Waals surface area contributed by atoms with Crippen molar-refractivity contribution in [1.82, 2.24) is 16.0 Å². The van der Waals surface area contributed by atoms with Gasteiger partial charge in [0.1, 0.15) is 23.9 Å². The lowest BCUT2D eigenvalue weighted by Gasteiger charge is -2.27. The second-order valence-corrected chi connectivity index (χ2v) is 9.19. The summed E-state index contributed by atoms with van der Waals surface area (Å²) < 4.78 is 0. The van der Waals surface area contributed by atoms with E-state index in [0.29, 0.717) is 31.4 Å². The number of benzene rings is 1. The molecular weight excluding hydrogens is 498 g/mol. The molecule has 0 heterocycles. The molecule has 5 unspecified atom stereocenters. The number of phenols is 1. The van der Waals surface area contributed by atoms with Crippen LogP contribution in [0.1, 0.15) is 51.5 Å². The van der Waals surface area contributed by atoms with E-state index < -0.39 is 66.2 Å². The lowest BCUT2D eigenvalue weighted by Crippen LogP contribution is -2.59. The highest BCUT2D eigenvalue weighted by Crippen LogP contribution is 2.12. The minimum atomic E-state index is -1.54. The molecular formula is C25H39N5O8. The van der Waals surface area contributed by atoms with Crippen LogP contribution >= 0.6 is 0 Å².